The van der Waals surface area contributed by atoms with Crippen LogP contribution >= 0.6 is 0 Å². The van der Waals surface area contributed by atoms with Crippen molar-refractivity contribution in [3.63, 3.8) is 0 Å². The minimum Gasteiger partial charge on any atom is -0.461 e. The van der Waals surface area contributed by atoms with Crippen LogP contribution in [-0.4, -0.2) is 52.5 Å². The number of hydrogen-bond donors (Lipinski definition) is 3. The van der Waals surface area contributed by atoms with Crippen LogP contribution in [0.3, 0.4) is 0 Å². The zero-order valence-corrected chi connectivity index (χ0v) is 32.7. The van der Waals surface area contributed by atoms with E-state index in [2.05, 4.69) is 15.6 Å². The van der Waals surface area contributed by atoms with Crippen molar-refractivity contribution in [1.82, 2.24) is 19.4 Å². The first kappa shape index (κ1) is 41.5. The van der Waals surface area contributed by atoms with Crippen LogP contribution in [0.5, 0.6) is 0 Å². The van der Waals surface area contributed by atoms with E-state index in [1.807, 2.05) is 4.72 Å². The summed E-state index contributed by atoms with van der Waals surface area (Å²) in [6.07, 6.45) is 4.64. The van der Waals surface area contributed by atoms with Gasteiger partial charge in [0.25, 0.3) is 21.5 Å². The van der Waals surface area contributed by atoms with Crippen molar-refractivity contribution in [3.8, 4) is 5.82 Å². The van der Waals surface area contributed by atoms with Crippen molar-refractivity contribution in [1.29, 1.82) is 0 Å². The standard InChI is InChI=1S/C39H44F2N6O8S/c1-22-23(2)46(6)38(52)47(35(22)49)33-17-12-24(21-42-33)18-32(36(50)55-26-10-8-7-9-11-26)44-34(48)28-19-30(41)31(20-29(28)40)45-56(53,54)27-15-13-25(14-16-27)43-37(51)39(3,4)5/h12-17,19-21,26,32,45H,7-11,18H2,1-6H3,(H,43,51)(H,44,48)/t32-/m0/s1. The first-order valence-corrected chi connectivity index (χ1v) is 19.4. The van der Waals surface area contributed by atoms with Gasteiger partial charge in [0.1, 0.15) is 29.6 Å². The second-order valence-electron chi connectivity index (χ2n) is 14.8. The summed E-state index contributed by atoms with van der Waals surface area (Å²) in [5.74, 6) is -4.82. The topological polar surface area (TPSA) is 188 Å². The lowest BCUT2D eigenvalue weighted by molar-refractivity contribution is -0.152. The van der Waals surface area contributed by atoms with E-state index < -0.39 is 73.6 Å². The molecule has 0 radical (unpaired) electrons. The van der Waals surface area contributed by atoms with Crippen LogP contribution in [0.1, 0.15) is 80.1 Å². The van der Waals surface area contributed by atoms with Gasteiger partial charge in [-0.2, -0.15) is 0 Å². The fourth-order valence-corrected chi connectivity index (χ4v) is 7.02. The van der Waals surface area contributed by atoms with Crippen molar-refractivity contribution in [3.05, 3.63) is 110 Å². The number of sulfonamides is 1. The Kier molecular flexibility index (Phi) is 12.3. The highest BCUT2D eigenvalue weighted by Crippen LogP contribution is 2.26. The number of halogens is 2. The van der Waals surface area contributed by atoms with Crippen LogP contribution in [0.15, 0.2) is 69.2 Å². The van der Waals surface area contributed by atoms with Gasteiger partial charge >= 0.3 is 11.7 Å². The quantitative estimate of drug-likeness (QED) is 0.179. The number of carbonyl (C=O) groups is 3. The Hall–Kier alpha value is -5.71. The third kappa shape index (κ3) is 9.38. The van der Waals surface area contributed by atoms with E-state index in [1.54, 1.807) is 34.6 Å². The molecule has 0 spiro atoms. The predicted molar refractivity (Wildman–Crippen MR) is 204 cm³/mol. The van der Waals surface area contributed by atoms with Crippen molar-refractivity contribution in [2.75, 3.05) is 10.0 Å². The maximum atomic E-state index is 15.4. The first-order valence-electron chi connectivity index (χ1n) is 18.0. The van der Waals surface area contributed by atoms with Crippen LogP contribution in [0.25, 0.3) is 5.82 Å². The van der Waals surface area contributed by atoms with Gasteiger partial charge in [0.2, 0.25) is 5.91 Å². The molecule has 17 heteroatoms. The summed E-state index contributed by atoms with van der Waals surface area (Å²) < 4.78 is 66.8. The number of amides is 2. The van der Waals surface area contributed by atoms with Crippen molar-refractivity contribution in [2.45, 2.75) is 90.2 Å². The fraction of sp³-hybridized carbons (Fsp3) is 0.385. The number of pyridine rings is 1. The summed E-state index contributed by atoms with van der Waals surface area (Å²) in [5.41, 5.74) is -1.87. The van der Waals surface area contributed by atoms with Crippen LogP contribution in [0, 0.1) is 30.9 Å². The summed E-state index contributed by atoms with van der Waals surface area (Å²) in [6.45, 7) is 8.37. The molecule has 2 aromatic carbocycles. The molecule has 1 aliphatic carbocycles. The van der Waals surface area contributed by atoms with Crippen LogP contribution in [-0.2, 0) is 37.8 Å². The average Bonchev–Trinajstić information content (AvgIpc) is 3.15. The number of rotatable bonds is 11. The maximum absolute atomic E-state index is 15.4. The molecule has 3 N–H and O–H groups in total. The van der Waals surface area contributed by atoms with Gasteiger partial charge in [-0.3, -0.25) is 19.1 Å². The van der Waals surface area contributed by atoms with Crippen LogP contribution in [0.2, 0.25) is 0 Å². The number of ether oxygens (including phenoxy) is 1. The van der Waals surface area contributed by atoms with Gasteiger partial charge in [-0.1, -0.05) is 33.3 Å². The average molecular weight is 795 g/mol. The van der Waals surface area contributed by atoms with E-state index >= 15 is 8.78 Å². The number of benzene rings is 2. The molecule has 4 aromatic rings. The summed E-state index contributed by atoms with van der Waals surface area (Å²) in [4.78, 5) is 68.9. The lowest BCUT2D eigenvalue weighted by Crippen LogP contribution is -2.45. The Morgan fingerprint density at radius 3 is 2.23 bits per heavy atom. The zero-order valence-electron chi connectivity index (χ0n) is 31.9. The molecule has 0 saturated heterocycles. The summed E-state index contributed by atoms with van der Waals surface area (Å²) in [5, 5.41) is 5.08. The minimum absolute atomic E-state index is 0.0303. The number of carbonyl (C=O) groups excluding carboxylic acids is 3. The minimum atomic E-state index is -4.44. The highest BCUT2D eigenvalue weighted by atomic mass is 32.2. The van der Waals surface area contributed by atoms with Crippen molar-refractivity contribution in [2.24, 2.45) is 12.5 Å². The lowest BCUT2D eigenvalue weighted by atomic mass is 9.95. The summed E-state index contributed by atoms with van der Waals surface area (Å²) >= 11 is 0. The molecule has 0 bridgehead atoms. The second-order valence-corrected chi connectivity index (χ2v) is 16.5. The van der Waals surface area contributed by atoms with E-state index in [-0.39, 0.29) is 23.0 Å². The van der Waals surface area contributed by atoms with Gasteiger partial charge in [0.15, 0.2) is 0 Å². The molecule has 2 heterocycles. The Morgan fingerprint density at radius 2 is 1.62 bits per heavy atom. The highest BCUT2D eigenvalue weighted by Gasteiger charge is 2.29. The molecular weight excluding hydrogens is 751 g/mol. The maximum Gasteiger partial charge on any atom is 0.336 e. The summed E-state index contributed by atoms with van der Waals surface area (Å²) in [6, 6.07) is 7.58. The number of anilines is 2. The number of hydrogen-bond acceptors (Lipinski definition) is 9. The molecule has 5 rings (SSSR count). The molecule has 0 unspecified atom stereocenters. The SMILES string of the molecule is Cc1c(C)n(C)c(=O)n(-c2ccc(C[C@H](NC(=O)c3cc(F)c(NS(=O)(=O)c4ccc(NC(=O)C(C)(C)C)cc4)cc3F)C(=O)OC3CCCCC3)cn2)c1=O. The molecule has 1 atom stereocenters. The van der Waals surface area contributed by atoms with Gasteiger partial charge in [0.05, 0.1) is 16.1 Å². The Balaban J connectivity index is 1.35. The van der Waals surface area contributed by atoms with Gasteiger partial charge in [-0.05, 0) is 81.5 Å². The molecule has 2 aromatic heterocycles. The first-order chi connectivity index (χ1) is 26.3. The Morgan fingerprint density at radius 1 is 0.964 bits per heavy atom. The van der Waals surface area contributed by atoms with Crippen molar-refractivity contribution < 1.29 is 36.3 Å². The fourth-order valence-electron chi connectivity index (χ4n) is 5.96. The zero-order chi connectivity index (χ0) is 41.1. The Labute approximate surface area is 322 Å². The Bertz CT molecular complexity index is 2350. The molecule has 2 amide bonds. The van der Waals surface area contributed by atoms with E-state index in [0.29, 0.717) is 47.5 Å². The van der Waals surface area contributed by atoms with E-state index in [1.165, 1.54) is 54.2 Å². The van der Waals surface area contributed by atoms with Crippen LogP contribution in [0.4, 0.5) is 20.2 Å². The van der Waals surface area contributed by atoms with Crippen molar-refractivity contribution >= 4 is 39.2 Å². The van der Waals surface area contributed by atoms with E-state index in [9.17, 15) is 32.4 Å². The normalized spacial score (nSPS) is 14.1. The number of aromatic nitrogens is 3. The largest absolute Gasteiger partial charge is 0.461 e. The van der Waals surface area contributed by atoms with Crippen LogP contribution < -0.4 is 26.6 Å². The number of nitrogens with one attached hydrogen (secondary N) is 3. The molecule has 14 nitrogen and oxygen atoms in total. The molecule has 1 aliphatic rings. The highest BCUT2D eigenvalue weighted by molar-refractivity contribution is 7.92. The third-order valence-electron chi connectivity index (χ3n) is 9.60. The summed E-state index contributed by atoms with van der Waals surface area (Å²) in [7, 11) is -2.92. The second kappa shape index (κ2) is 16.6. The monoisotopic (exact) mass is 794 g/mol. The molecule has 298 valence electrons. The molecule has 56 heavy (non-hydrogen) atoms. The smallest absolute Gasteiger partial charge is 0.336 e. The molecular formula is C39H44F2N6O8S. The van der Waals surface area contributed by atoms with Gasteiger partial charge < -0.3 is 19.9 Å². The van der Waals surface area contributed by atoms with Gasteiger partial charge in [0, 0.05) is 48.1 Å². The molecule has 0 aliphatic heterocycles. The van der Waals surface area contributed by atoms with Gasteiger partial charge in [-0.25, -0.2) is 36.3 Å². The number of esters is 1. The van der Waals surface area contributed by atoms with Gasteiger partial charge in [-0.15, -0.1) is 0 Å². The van der Waals surface area contributed by atoms with E-state index in [0.717, 1.165) is 23.8 Å². The lowest BCUT2D eigenvalue weighted by Gasteiger charge is -2.25. The molecule has 1 saturated carbocycles. The molecule has 1 fully saturated rings. The van der Waals surface area contributed by atoms with E-state index in [4.69, 9.17) is 4.74 Å². The number of nitrogens with zero attached hydrogens (tertiary/aromatic N) is 3. The predicted octanol–water partition coefficient (Wildman–Crippen LogP) is 4.83. The third-order valence-corrected chi connectivity index (χ3v) is 11.0.